The van der Waals surface area contributed by atoms with E-state index >= 15 is 0 Å². The van der Waals surface area contributed by atoms with E-state index in [1.54, 1.807) is 49.4 Å². The maximum absolute atomic E-state index is 13.1. The van der Waals surface area contributed by atoms with Crippen molar-refractivity contribution in [2.45, 2.75) is 13.3 Å². The van der Waals surface area contributed by atoms with Gasteiger partial charge in [0.1, 0.15) is 5.75 Å². The molecule has 0 radical (unpaired) electrons. The van der Waals surface area contributed by atoms with Gasteiger partial charge in [0.2, 0.25) is 0 Å². The monoisotopic (exact) mass is 357 g/mol. The lowest BCUT2D eigenvalue weighted by atomic mass is 10.1. The number of carboxylic acid groups (broad SMARTS) is 1. The Morgan fingerprint density at radius 3 is 2.52 bits per heavy atom. The molecule has 0 aliphatic heterocycles. The fourth-order valence-electron chi connectivity index (χ4n) is 3.04. The van der Waals surface area contributed by atoms with Crippen molar-refractivity contribution in [2.75, 3.05) is 7.11 Å². The molecule has 1 heterocycles. The van der Waals surface area contributed by atoms with E-state index in [0.29, 0.717) is 38.5 Å². The number of methoxy groups -OCH3 is 1. The molecule has 0 aliphatic rings. The molecule has 0 saturated heterocycles. The van der Waals surface area contributed by atoms with Crippen LogP contribution in [0.5, 0.6) is 5.75 Å². The number of aliphatic carboxylic acids is 1. The SMILES string of the molecule is COc1cccc2c(CC(=O)O)c(C)n(C(=O)c3ccccc3Cl)c12. The summed E-state index contributed by atoms with van der Waals surface area (Å²) >= 11 is 6.18. The lowest BCUT2D eigenvalue weighted by Gasteiger charge is -2.11. The van der Waals surface area contributed by atoms with Crippen LogP contribution in [0, 0.1) is 6.92 Å². The van der Waals surface area contributed by atoms with Gasteiger partial charge in [-0.3, -0.25) is 14.2 Å². The molecule has 2 aromatic carbocycles. The summed E-state index contributed by atoms with van der Waals surface area (Å²) in [4.78, 5) is 24.4. The number of halogens is 1. The second kappa shape index (κ2) is 6.61. The second-order valence-electron chi connectivity index (χ2n) is 5.61. The van der Waals surface area contributed by atoms with Crippen LogP contribution in [-0.2, 0) is 11.2 Å². The topological polar surface area (TPSA) is 68.5 Å². The van der Waals surface area contributed by atoms with Crippen LogP contribution < -0.4 is 4.74 Å². The van der Waals surface area contributed by atoms with Crippen LogP contribution in [-0.4, -0.2) is 28.7 Å². The fourth-order valence-corrected chi connectivity index (χ4v) is 3.26. The maximum atomic E-state index is 13.1. The number of carbonyl (C=O) groups is 2. The van der Waals surface area contributed by atoms with E-state index in [1.807, 2.05) is 0 Å². The zero-order chi connectivity index (χ0) is 18.1. The van der Waals surface area contributed by atoms with Gasteiger partial charge in [0.05, 0.1) is 29.6 Å². The number of para-hydroxylation sites is 1. The first-order valence-electron chi connectivity index (χ1n) is 7.63. The van der Waals surface area contributed by atoms with Crippen LogP contribution in [0.1, 0.15) is 21.6 Å². The predicted octanol–water partition coefficient (Wildman–Crippen LogP) is 3.93. The smallest absolute Gasteiger partial charge is 0.307 e. The predicted molar refractivity (Wildman–Crippen MR) is 95.7 cm³/mol. The average molecular weight is 358 g/mol. The van der Waals surface area contributed by atoms with Gasteiger partial charge in [0, 0.05) is 11.1 Å². The Labute approximate surface area is 149 Å². The van der Waals surface area contributed by atoms with Crippen molar-refractivity contribution in [3.63, 3.8) is 0 Å². The first-order chi connectivity index (χ1) is 12.0. The van der Waals surface area contributed by atoms with E-state index in [9.17, 15) is 14.7 Å². The summed E-state index contributed by atoms with van der Waals surface area (Å²) in [6, 6.07) is 12.1. The van der Waals surface area contributed by atoms with Gasteiger partial charge in [-0.15, -0.1) is 0 Å². The van der Waals surface area contributed by atoms with Gasteiger partial charge >= 0.3 is 5.97 Å². The highest BCUT2D eigenvalue weighted by molar-refractivity contribution is 6.34. The van der Waals surface area contributed by atoms with E-state index in [2.05, 4.69) is 0 Å². The van der Waals surface area contributed by atoms with Crippen LogP contribution in [0.3, 0.4) is 0 Å². The van der Waals surface area contributed by atoms with Gasteiger partial charge in [-0.2, -0.15) is 0 Å². The molecule has 3 aromatic rings. The molecule has 0 unspecified atom stereocenters. The van der Waals surface area contributed by atoms with Crippen molar-refractivity contribution in [2.24, 2.45) is 0 Å². The molecule has 0 saturated carbocycles. The number of nitrogens with zero attached hydrogens (tertiary/aromatic N) is 1. The molecule has 1 aromatic heterocycles. The minimum atomic E-state index is -0.963. The van der Waals surface area contributed by atoms with E-state index < -0.39 is 5.97 Å². The van der Waals surface area contributed by atoms with Crippen molar-refractivity contribution < 1.29 is 19.4 Å². The second-order valence-corrected chi connectivity index (χ2v) is 6.02. The van der Waals surface area contributed by atoms with Crippen molar-refractivity contribution in [1.29, 1.82) is 0 Å². The van der Waals surface area contributed by atoms with Crippen LogP contribution in [0.4, 0.5) is 0 Å². The van der Waals surface area contributed by atoms with Crippen LogP contribution in [0.15, 0.2) is 42.5 Å². The van der Waals surface area contributed by atoms with Gasteiger partial charge in [0.25, 0.3) is 5.91 Å². The molecule has 0 fully saturated rings. The Morgan fingerprint density at radius 2 is 1.88 bits per heavy atom. The zero-order valence-corrected chi connectivity index (χ0v) is 14.5. The van der Waals surface area contributed by atoms with Gasteiger partial charge in [-0.25, -0.2) is 0 Å². The third-order valence-corrected chi connectivity index (χ3v) is 4.50. The average Bonchev–Trinajstić information content (AvgIpc) is 2.86. The summed E-state index contributed by atoms with van der Waals surface area (Å²) in [5, 5.41) is 10.3. The van der Waals surface area contributed by atoms with Crippen molar-refractivity contribution in [3.05, 3.63) is 64.3 Å². The Balaban J connectivity index is 2.34. The van der Waals surface area contributed by atoms with Gasteiger partial charge in [-0.1, -0.05) is 35.9 Å². The molecule has 0 atom stereocenters. The van der Waals surface area contributed by atoms with E-state index in [0.717, 1.165) is 0 Å². The summed E-state index contributed by atoms with van der Waals surface area (Å²) in [7, 11) is 1.51. The number of rotatable bonds is 4. The van der Waals surface area contributed by atoms with Crippen LogP contribution in [0.25, 0.3) is 10.9 Å². The molecular weight excluding hydrogens is 342 g/mol. The van der Waals surface area contributed by atoms with Crippen molar-refractivity contribution in [1.82, 2.24) is 4.57 Å². The third kappa shape index (κ3) is 2.87. The minimum Gasteiger partial charge on any atom is -0.495 e. The molecule has 0 aliphatic carbocycles. The Hall–Kier alpha value is -2.79. The number of carbonyl (C=O) groups excluding carboxylic acids is 1. The summed E-state index contributed by atoms with van der Waals surface area (Å²) in [6.07, 6.45) is -0.182. The summed E-state index contributed by atoms with van der Waals surface area (Å²) in [5.41, 5.74) is 2.04. The third-order valence-electron chi connectivity index (χ3n) is 4.18. The van der Waals surface area contributed by atoms with Gasteiger partial charge < -0.3 is 9.84 Å². The van der Waals surface area contributed by atoms with Crippen LogP contribution in [0.2, 0.25) is 5.02 Å². The molecule has 3 rings (SSSR count). The molecule has 0 spiro atoms. The number of carboxylic acids is 1. The highest BCUT2D eigenvalue weighted by Gasteiger charge is 2.24. The molecule has 0 amide bonds. The Morgan fingerprint density at radius 1 is 1.16 bits per heavy atom. The maximum Gasteiger partial charge on any atom is 0.307 e. The molecule has 5 nitrogen and oxygen atoms in total. The summed E-state index contributed by atoms with van der Waals surface area (Å²) < 4.78 is 6.88. The van der Waals surface area contributed by atoms with Gasteiger partial charge in [0.15, 0.2) is 0 Å². The lowest BCUT2D eigenvalue weighted by Crippen LogP contribution is -2.15. The molecular formula is C19H16ClNO4. The van der Waals surface area contributed by atoms with E-state index in [-0.39, 0.29) is 12.3 Å². The Kier molecular flexibility index (Phi) is 4.51. The first-order valence-corrected chi connectivity index (χ1v) is 8.01. The largest absolute Gasteiger partial charge is 0.495 e. The van der Waals surface area contributed by atoms with E-state index in [4.69, 9.17) is 16.3 Å². The summed E-state index contributed by atoms with van der Waals surface area (Å²) in [6.45, 7) is 1.73. The number of ether oxygens (including phenoxy) is 1. The number of hydrogen-bond acceptors (Lipinski definition) is 3. The molecule has 6 heteroatoms. The molecule has 128 valence electrons. The number of fused-ring (bicyclic) bond motifs is 1. The quantitative estimate of drug-likeness (QED) is 0.768. The van der Waals surface area contributed by atoms with Gasteiger partial charge in [-0.05, 0) is 30.7 Å². The normalized spacial score (nSPS) is 10.8. The number of benzene rings is 2. The van der Waals surface area contributed by atoms with E-state index in [1.165, 1.54) is 11.7 Å². The minimum absolute atomic E-state index is 0.182. The first kappa shape index (κ1) is 17.0. The standard InChI is InChI=1S/C19H16ClNO4/c1-11-14(10-17(22)23)12-7-5-9-16(25-2)18(12)21(11)19(24)13-6-3-4-8-15(13)20/h3-9H,10H2,1-2H3,(H,22,23). The molecule has 25 heavy (non-hydrogen) atoms. The highest BCUT2D eigenvalue weighted by atomic mass is 35.5. The molecule has 0 bridgehead atoms. The fraction of sp³-hybridized carbons (Fsp3) is 0.158. The number of hydrogen-bond donors (Lipinski definition) is 1. The summed E-state index contributed by atoms with van der Waals surface area (Å²) in [5.74, 6) is -0.790. The lowest BCUT2D eigenvalue weighted by molar-refractivity contribution is -0.136. The van der Waals surface area contributed by atoms with Crippen molar-refractivity contribution >= 4 is 34.4 Å². The zero-order valence-electron chi connectivity index (χ0n) is 13.7. The Bertz CT molecular complexity index is 990. The van der Waals surface area contributed by atoms with Crippen molar-refractivity contribution in [3.8, 4) is 5.75 Å². The number of aromatic nitrogens is 1. The molecule has 1 N–H and O–H groups in total. The highest BCUT2D eigenvalue weighted by Crippen LogP contribution is 2.34. The van der Waals surface area contributed by atoms with Crippen LogP contribution >= 0.6 is 11.6 Å².